The molecule has 0 spiro atoms. The lowest BCUT2D eigenvalue weighted by Gasteiger charge is -2.11. The maximum absolute atomic E-state index is 12.2. The zero-order valence-electron chi connectivity index (χ0n) is 15.0. The van der Waals surface area contributed by atoms with Gasteiger partial charge in [0.05, 0.1) is 27.2 Å². The average molecular weight is 343 g/mol. The van der Waals surface area contributed by atoms with Crippen molar-refractivity contribution in [3.05, 3.63) is 53.6 Å². The first kappa shape index (κ1) is 18.6. The van der Waals surface area contributed by atoms with Gasteiger partial charge in [0.25, 0.3) is 0 Å². The SMILES string of the molecule is CCCOc1ccc(CNC(=O)Cc2cc(OC)ccc2OC)cc1. The Morgan fingerprint density at radius 1 is 1.00 bits per heavy atom. The molecule has 0 aromatic heterocycles. The second-order valence-electron chi connectivity index (χ2n) is 5.62. The molecule has 1 amide bonds. The highest BCUT2D eigenvalue weighted by atomic mass is 16.5. The van der Waals surface area contributed by atoms with E-state index in [1.807, 2.05) is 36.4 Å². The lowest BCUT2D eigenvalue weighted by molar-refractivity contribution is -0.120. The lowest BCUT2D eigenvalue weighted by atomic mass is 10.1. The second-order valence-corrected chi connectivity index (χ2v) is 5.62. The van der Waals surface area contributed by atoms with Gasteiger partial charge in [-0.1, -0.05) is 19.1 Å². The molecule has 0 bridgehead atoms. The van der Waals surface area contributed by atoms with E-state index in [1.165, 1.54) is 0 Å². The number of hydrogen-bond acceptors (Lipinski definition) is 4. The van der Waals surface area contributed by atoms with Crippen LogP contribution in [0.4, 0.5) is 0 Å². The monoisotopic (exact) mass is 343 g/mol. The van der Waals surface area contributed by atoms with Crippen molar-refractivity contribution in [2.24, 2.45) is 0 Å². The van der Waals surface area contributed by atoms with Gasteiger partial charge >= 0.3 is 0 Å². The fraction of sp³-hybridized carbons (Fsp3) is 0.350. The Bertz CT molecular complexity index is 683. The number of carbonyl (C=O) groups excluding carboxylic acids is 1. The molecule has 2 rings (SSSR count). The number of hydrogen-bond donors (Lipinski definition) is 1. The Kier molecular flexibility index (Phi) is 7.14. The number of amides is 1. The van der Waals surface area contributed by atoms with Crippen molar-refractivity contribution in [1.29, 1.82) is 0 Å². The van der Waals surface area contributed by atoms with Gasteiger partial charge in [-0.2, -0.15) is 0 Å². The quantitative estimate of drug-likeness (QED) is 0.759. The molecule has 134 valence electrons. The van der Waals surface area contributed by atoms with E-state index in [0.29, 0.717) is 24.7 Å². The summed E-state index contributed by atoms with van der Waals surface area (Å²) in [6.07, 6.45) is 1.21. The summed E-state index contributed by atoms with van der Waals surface area (Å²) in [6.45, 7) is 3.25. The lowest BCUT2D eigenvalue weighted by Crippen LogP contribution is -2.24. The zero-order valence-corrected chi connectivity index (χ0v) is 15.0. The first-order chi connectivity index (χ1) is 12.2. The van der Waals surface area contributed by atoms with Gasteiger partial charge in [-0.3, -0.25) is 4.79 Å². The number of carbonyl (C=O) groups is 1. The molecule has 0 saturated heterocycles. The summed E-state index contributed by atoms with van der Waals surface area (Å²) in [5, 5.41) is 2.92. The molecule has 0 fully saturated rings. The molecule has 1 N–H and O–H groups in total. The van der Waals surface area contributed by atoms with Crippen molar-refractivity contribution in [3.8, 4) is 17.2 Å². The van der Waals surface area contributed by atoms with E-state index in [-0.39, 0.29) is 12.3 Å². The van der Waals surface area contributed by atoms with Crippen molar-refractivity contribution in [2.45, 2.75) is 26.3 Å². The van der Waals surface area contributed by atoms with Crippen LogP contribution in [0.15, 0.2) is 42.5 Å². The molecule has 25 heavy (non-hydrogen) atoms. The van der Waals surface area contributed by atoms with Crippen LogP contribution < -0.4 is 19.5 Å². The Morgan fingerprint density at radius 3 is 2.36 bits per heavy atom. The number of nitrogens with one attached hydrogen (secondary N) is 1. The van der Waals surface area contributed by atoms with Gasteiger partial charge < -0.3 is 19.5 Å². The number of benzene rings is 2. The van der Waals surface area contributed by atoms with Crippen molar-refractivity contribution in [3.63, 3.8) is 0 Å². The van der Waals surface area contributed by atoms with E-state index in [4.69, 9.17) is 14.2 Å². The van der Waals surface area contributed by atoms with Gasteiger partial charge in [0.15, 0.2) is 0 Å². The van der Waals surface area contributed by atoms with E-state index in [0.717, 1.165) is 23.3 Å². The number of ether oxygens (including phenoxy) is 3. The van der Waals surface area contributed by atoms with Crippen LogP contribution >= 0.6 is 0 Å². The summed E-state index contributed by atoms with van der Waals surface area (Å²) in [5.41, 5.74) is 1.82. The maximum atomic E-state index is 12.2. The minimum Gasteiger partial charge on any atom is -0.497 e. The maximum Gasteiger partial charge on any atom is 0.224 e. The number of rotatable bonds is 9. The molecular weight excluding hydrogens is 318 g/mol. The van der Waals surface area contributed by atoms with Crippen LogP contribution in [0.2, 0.25) is 0 Å². The van der Waals surface area contributed by atoms with Crippen LogP contribution in [0, 0.1) is 0 Å². The summed E-state index contributed by atoms with van der Waals surface area (Å²) >= 11 is 0. The summed E-state index contributed by atoms with van der Waals surface area (Å²) in [7, 11) is 3.19. The summed E-state index contributed by atoms with van der Waals surface area (Å²) < 4.78 is 16.1. The predicted octanol–water partition coefficient (Wildman–Crippen LogP) is 3.35. The standard InChI is InChI=1S/C20H25NO4/c1-4-11-25-17-7-5-15(6-8-17)14-21-20(22)13-16-12-18(23-2)9-10-19(16)24-3/h5-10,12H,4,11,13-14H2,1-3H3,(H,21,22). The third kappa shape index (κ3) is 5.71. The summed E-state index contributed by atoms with van der Waals surface area (Å²) in [5.74, 6) is 2.15. The van der Waals surface area contributed by atoms with E-state index in [9.17, 15) is 4.79 Å². The van der Waals surface area contributed by atoms with Crippen molar-refractivity contribution in [1.82, 2.24) is 5.32 Å². The third-order valence-corrected chi connectivity index (χ3v) is 3.72. The molecule has 2 aromatic rings. The highest BCUT2D eigenvalue weighted by molar-refractivity contribution is 5.79. The molecule has 0 unspecified atom stereocenters. The fourth-order valence-corrected chi connectivity index (χ4v) is 2.38. The molecule has 0 heterocycles. The van der Waals surface area contributed by atoms with Gasteiger partial charge in [-0.15, -0.1) is 0 Å². The smallest absolute Gasteiger partial charge is 0.224 e. The van der Waals surface area contributed by atoms with E-state index in [2.05, 4.69) is 12.2 Å². The Labute approximate surface area is 148 Å². The molecule has 0 atom stereocenters. The van der Waals surface area contributed by atoms with Crippen LogP contribution in [0.3, 0.4) is 0 Å². The minimum atomic E-state index is -0.0714. The number of methoxy groups -OCH3 is 2. The highest BCUT2D eigenvalue weighted by Crippen LogP contribution is 2.24. The molecule has 5 nitrogen and oxygen atoms in total. The molecule has 0 aliphatic carbocycles. The van der Waals surface area contributed by atoms with Gasteiger partial charge in [-0.05, 0) is 42.3 Å². The van der Waals surface area contributed by atoms with Crippen LogP contribution in [0.25, 0.3) is 0 Å². The topological polar surface area (TPSA) is 56.8 Å². The van der Waals surface area contributed by atoms with Crippen molar-refractivity contribution in [2.75, 3.05) is 20.8 Å². The Morgan fingerprint density at radius 2 is 1.72 bits per heavy atom. The van der Waals surface area contributed by atoms with Crippen molar-refractivity contribution < 1.29 is 19.0 Å². The normalized spacial score (nSPS) is 10.2. The average Bonchev–Trinajstić information content (AvgIpc) is 2.65. The molecule has 0 saturated carbocycles. The Hall–Kier alpha value is -2.69. The summed E-state index contributed by atoms with van der Waals surface area (Å²) in [6, 6.07) is 13.2. The molecule has 0 aliphatic rings. The first-order valence-electron chi connectivity index (χ1n) is 8.35. The van der Waals surface area contributed by atoms with Crippen LogP contribution in [0.1, 0.15) is 24.5 Å². The van der Waals surface area contributed by atoms with Crippen LogP contribution in [-0.2, 0) is 17.8 Å². The largest absolute Gasteiger partial charge is 0.497 e. The second kappa shape index (κ2) is 9.57. The Balaban J connectivity index is 1.90. The van der Waals surface area contributed by atoms with Crippen LogP contribution in [-0.4, -0.2) is 26.7 Å². The minimum absolute atomic E-state index is 0.0714. The molecule has 0 aliphatic heterocycles. The van der Waals surface area contributed by atoms with E-state index < -0.39 is 0 Å². The highest BCUT2D eigenvalue weighted by Gasteiger charge is 2.10. The predicted molar refractivity (Wildman–Crippen MR) is 97.3 cm³/mol. The summed E-state index contributed by atoms with van der Waals surface area (Å²) in [4.78, 5) is 12.2. The van der Waals surface area contributed by atoms with Crippen molar-refractivity contribution >= 4 is 5.91 Å². The van der Waals surface area contributed by atoms with Gasteiger partial charge in [0.2, 0.25) is 5.91 Å². The third-order valence-electron chi connectivity index (χ3n) is 3.72. The van der Waals surface area contributed by atoms with Gasteiger partial charge in [0, 0.05) is 12.1 Å². The zero-order chi connectivity index (χ0) is 18.1. The molecule has 5 heteroatoms. The van der Waals surface area contributed by atoms with E-state index >= 15 is 0 Å². The van der Waals surface area contributed by atoms with Crippen LogP contribution in [0.5, 0.6) is 17.2 Å². The molecular formula is C20H25NO4. The fourth-order valence-electron chi connectivity index (χ4n) is 2.38. The van der Waals surface area contributed by atoms with Gasteiger partial charge in [0.1, 0.15) is 17.2 Å². The first-order valence-corrected chi connectivity index (χ1v) is 8.35. The molecule has 2 aromatic carbocycles. The van der Waals surface area contributed by atoms with Gasteiger partial charge in [-0.25, -0.2) is 0 Å². The molecule has 0 radical (unpaired) electrons. The van der Waals surface area contributed by atoms with E-state index in [1.54, 1.807) is 20.3 Å².